The number of oxazole rings is 1. The third-order valence-corrected chi connectivity index (χ3v) is 6.45. The fraction of sp³-hybridized carbons (Fsp3) is 0.562. The Morgan fingerprint density at radius 2 is 2.10 bits per heavy atom. The number of hydrogen-bond acceptors (Lipinski definition) is 2. The van der Waals surface area contributed by atoms with Crippen LogP contribution in [0.5, 0.6) is 0 Å². The van der Waals surface area contributed by atoms with Crippen molar-refractivity contribution in [2.24, 2.45) is 12.5 Å². The molecule has 1 unspecified atom stereocenters. The van der Waals surface area contributed by atoms with Gasteiger partial charge in [-0.15, -0.1) is 0 Å². The highest BCUT2D eigenvalue weighted by molar-refractivity contribution is 9.09. The van der Waals surface area contributed by atoms with Crippen molar-refractivity contribution < 1.29 is 4.42 Å². The smallest absolute Gasteiger partial charge is 0.408 e. The van der Waals surface area contributed by atoms with Gasteiger partial charge in [-0.25, -0.2) is 4.79 Å². The van der Waals surface area contributed by atoms with Gasteiger partial charge in [0.2, 0.25) is 0 Å². The monoisotopic (exact) mass is 337 g/mol. The molecule has 3 rings (SSSR count). The Labute approximate surface area is 127 Å². The topological polar surface area (TPSA) is 35.1 Å². The van der Waals surface area contributed by atoms with Gasteiger partial charge in [0.25, 0.3) is 0 Å². The number of rotatable bonds is 3. The van der Waals surface area contributed by atoms with Crippen LogP contribution in [0.15, 0.2) is 27.4 Å². The van der Waals surface area contributed by atoms with Crippen LogP contribution in [-0.2, 0) is 7.05 Å². The lowest BCUT2D eigenvalue weighted by molar-refractivity contribution is 0.279. The molecule has 0 N–H and O–H groups in total. The first-order chi connectivity index (χ1) is 9.57. The van der Waals surface area contributed by atoms with E-state index >= 15 is 0 Å². The van der Waals surface area contributed by atoms with E-state index < -0.39 is 0 Å². The maximum atomic E-state index is 11.6. The summed E-state index contributed by atoms with van der Waals surface area (Å²) in [5.41, 5.74) is 3.11. The minimum atomic E-state index is -0.297. The van der Waals surface area contributed by atoms with Crippen molar-refractivity contribution in [1.82, 2.24) is 4.57 Å². The first-order valence-electron chi connectivity index (χ1n) is 7.31. The Hall–Kier alpha value is -1.03. The Morgan fingerprint density at radius 1 is 1.40 bits per heavy atom. The second-order valence-electron chi connectivity index (χ2n) is 5.94. The molecule has 1 aliphatic carbocycles. The zero-order valence-electron chi connectivity index (χ0n) is 12.0. The summed E-state index contributed by atoms with van der Waals surface area (Å²) in [6.07, 6.45) is 6.36. The van der Waals surface area contributed by atoms with Crippen molar-refractivity contribution in [2.75, 3.05) is 0 Å². The first-order valence-corrected chi connectivity index (χ1v) is 8.22. The van der Waals surface area contributed by atoms with Gasteiger partial charge in [0.1, 0.15) is 0 Å². The van der Waals surface area contributed by atoms with Gasteiger partial charge < -0.3 is 4.42 Å². The fourth-order valence-electron chi connectivity index (χ4n) is 3.53. The van der Waals surface area contributed by atoms with Gasteiger partial charge in [0.05, 0.1) is 5.52 Å². The molecule has 0 saturated heterocycles. The average molecular weight is 338 g/mol. The Kier molecular flexibility index (Phi) is 3.53. The van der Waals surface area contributed by atoms with E-state index in [-0.39, 0.29) is 5.76 Å². The molecule has 0 radical (unpaired) electrons. The van der Waals surface area contributed by atoms with Gasteiger partial charge in [-0.3, -0.25) is 4.57 Å². The fourth-order valence-corrected chi connectivity index (χ4v) is 4.59. The highest BCUT2D eigenvalue weighted by Gasteiger charge is 2.39. The predicted molar refractivity (Wildman–Crippen MR) is 84.3 cm³/mol. The summed E-state index contributed by atoms with van der Waals surface area (Å²) in [6.45, 7) is 2.28. The van der Waals surface area contributed by atoms with Gasteiger partial charge in [0, 0.05) is 11.9 Å². The molecule has 20 heavy (non-hydrogen) atoms. The van der Waals surface area contributed by atoms with Crippen LogP contribution >= 0.6 is 15.9 Å². The number of aryl methyl sites for hydroxylation is 1. The van der Waals surface area contributed by atoms with E-state index in [0.717, 1.165) is 5.52 Å². The number of benzene rings is 1. The molecule has 1 fully saturated rings. The summed E-state index contributed by atoms with van der Waals surface area (Å²) in [6, 6.07) is 6.13. The highest BCUT2D eigenvalue weighted by atomic mass is 79.9. The van der Waals surface area contributed by atoms with Gasteiger partial charge in [-0.1, -0.05) is 41.8 Å². The predicted octanol–water partition coefficient (Wildman–Crippen LogP) is 4.54. The second kappa shape index (κ2) is 5.06. The molecule has 1 aromatic heterocycles. The third-order valence-electron chi connectivity index (χ3n) is 4.95. The average Bonchev–Trinajstić information content (AvgIpc) is 3.05. The first kappa shape index (κ1) is 13.9. The molecule has 0 amide bonds. The molecule has 3 nitrogen and oxygen atoms in total. The normalized spacial score (nSPS) is 19.6. The van der Waals surface area contributed by atoms with E-state index in [0.29, 0.717) is 15.8 Å². The van der Waals surface area contributed by atoms with Crippen LogP contribution in [0.3, 0.4) is 0 Å². The summed E-state index contributed by atoms with van der Waals surface area (Å²) in [5, 5.41) is 0. The van der Waals surface area contributed by atoms with Crippen LogP contribution in [0.1, 0.15) is 49.4 Å². The van der Waals surface area contributed by atoms with Gasteiger partial charge >= 0.3 is 5.76 Å². The Balaban J connectivity index is 2.03. The van der Waals surface area contributed by atoms with Crippen LogP contribution in [0.2, 0.25) is 0 Å². The number of aromatic nitrogens is 1. The van der Waals surface area contributed by atoms with Crippen molar-refractivity contribution in [2.45, 2.75) is 43.9 Å². The molecule has 108 valence electrons. The van der Waals surface area contributed by atoms with E-state index in [4.69, 9.17) is 4.42 Å². The summed E-state index contributed by atoms with van der Waals surface area (Å²) in [5.74, 6) is -0.297. The zero-order valence-corrected chi connectivity index (χ0v) is 13.6. The van der Waals surface area contributed by atoms with Gasteiger partial charge in [-0.2, -0.15) is 0 Å². The van der Waals surface area contributed by atoms with Gasteiger partial charge in [-0.05, 0) is 42.4 Å². The zero-order chi connectivity index (χ0) is 14.3. The lowest BCUT2D eigenvalue weighted by atomic mass is 9.77. The number of alkyl halides is 1. The van der Waals surface area contributed by atoms with Crippen molar-refractivity contribution in [3.8, 4) is 0 Å². The Morgan fingerprint density at radius 3 is 2.75 bits per heavy atom. The summed E-state index contributed by atoms with van der Waals surface area (Å²) >= 11 is 3.91. The van der Waals surface area contributed by atoms with E-state index in [1.807, 2.05) is 12.1 Å². The second-order valence-corrected chi connectivity index (χ2v) is 6.86. The molecular formula is C16H20BrNO2. The maximum absolute atomic E-state index is 11.6. The maximum Gasteiger partial charge on any atom is 0.419 e. The van der Waals surface area contributed by atoms with E-state index in [9.17, 15) is 4.79 Å². The minimum absolute atomic E-state index is 0.297. The molecular weight excluding hydrogens is 318 g/mol. The highest BCUT2D eigenvalue weighted by Crippen LogP contribution is 2.54. The van der Waals surface area contributed by atoms with E-state index in [1.165, 1.54) is 37.7 Å². The van der Waals surface area contributed by atoms with E-state index in [2.05, 4.69) is 28.9 Å². The van der Waals surface area contributed by atoms with Crippen LogP contribution in [0.4, 0.5) is 0 Å². The summed E-state index contributed by atoms with van der Waals surface area (Å²) in [4.78, 5) is 11.9. The Bertz CT molecular complexity index is 679. The van der Waals surface area contributed by atoms with Crippen molar-refractivity contribution in [3.63, 3.8) is 0 Å². The largest absolute Gasteiger partial charge is 0.419 e. The molecule has 0 spiro atoms. The standard InChI is InChI=1S/C16H20BrNO2/c1-3-16(8-4-5-9-16)14(17)11-6-7-12-13(10-11)20-15(19)18(12)2/h6-7,10,14H,3-5,8-9H2,1-2H3. The molecule has 1 heterocycles. The van der Waals surface area contributed by atoms with Gasteiger partial charge in [0.15, 0.2) is 5.58 Å². The van der Waals surface area contributed by atoms with Crippen LogP contribution in [-0.4, -0.2) is 4.57 Å². The molecule has 1 saturated carbocycles. The number of hydrogen-bond donors (Lipinski definition) is 0. The minimum Gasteiger partial charge on any atom is -0.408 e. The molecule has 2 aromatic rings. The number of halogens is 1. The summed E-state index contributed by atoms with van der Waals surface area (Å²) < 4.78 is 6.85. The van der Waals surface area contributed by atoms with Crippen LogP contribution in [0.25, 0.3) is 11.1 Å². The van der Waals surface area contributed by atoms with Crippen molar-refractivity contribution in [1.29, 1.82) is 0 Å². The van der Waals surface area contributed by atoms with Crippen LogP contribution in [0, 0.1) is 5.41 Å². The van der Waals surface area contributed by atoms with Crippen LogP contribution < -0.4 is 5.76 Å². The third kappa shape index (κ3) is 2.05. The molecule has 0 aliphatic heterocycles. The molecule has 1 aromatic carbocycles. The molecule has 1 atom stereocenters. The molecule has 0 bridgehead atoms. The summed E-state index contributed by atoms with van der Waals surface area (Å²) in [7, 11) is 1.74. The van der Waals surface area contributed by atoms with E-state index in [1.54, 1.807) is 11.6 Å². The lowest BCUT2D eigenvalue weighted by Gasteiger charge is -2.33. The molecule has 4 heteroatoms. The molecule has 1 aliphatic rings. The number of fused-ring (bicyclic) bond motifs is 1. The van der Waals surface area contributed by atoms with Crippen molar-refractivity contribution in [3.05, 3.63) is 34.3 Å². The van der Waals surface area contributed by atoms with Crippen molar-refractivity contribution >= 4 is 27.0 Å². The lowest BCUT2D eigenvalue weighted by Crippen LogP contribution is -2.21. The quantitative estimate of drug-likeness (QED) is 0.770. The SMILES string of the molecule is CCC1(C(Br)c2ccc3c(c2)oc(=O)n3C)CCCC1. The number of nitrogens with zero attached hydrogens (tertiary/aromatic N) is 1.